The summed E-state index contributed by atoms with van der Waals surface area (Å²) in [6.45, 7) is 1.52. The molecule has 4 heteroatoms. The number of nitrogens with zero attached hydrogens (tertiary/aromatic N) is 1. The lowest BCUT2D eigenvalue weighted by atomic mass is 9.91. The van der Waals surface area contributed by atoms with Gasteiger partial charge >= 0.3 is 5.97 Å². The molecule has 0 radical (unpaired) electrons. The van der Waals surface area contributed by atoms with E-state index in [0.717, 1.165) is 16.3 Å². The highest BCUT2D eigenvalue weighted by molar-refractivity contribution is 5.86. The van der Waals surface area contributed by atoms with Gasteiger partial charge in [-0.05, 0) is 23.9 Å². The molecule has 0 aliphatic rings. The second kappa shape index (κ2) is 4.14. The summed E-state index contributed by atoms with van der Waals surface area (Å²) >= 11 is 0. The van der Waals surface area contributed by atoms with Crippen LogP contribution in [0.25, 0.3) is 10.8 Å². The highest BCUT2D eigenvalue weighted by atomic mass is 16.4. The zero-order valence-electron chi connectivity index (χ0n) is 9.55. The van der Waals surface area contributed by atoms with Crippen molar-refractivity contribution in [2.45, 2.75) is 18.9 Å². The lowest BCUT2D eigenvalue weighted by Crippen LogP contribution is -2.46. The van der Waals surface area contributed by atoms with E-state index in [1.807, 2.05) is 24.3 Å². The van der Waals surface area contributed by atoms with E-state index >= 15 is 0 Å². The molecular formula is C13H14N2O2. The number of carbonyl (C=O) groups is 1. The Hall–Kier alpha value is -1.94. The highest BCUT2D eigenvalue weighted by Crippen LogP contribution is 2.21. The van der Waals surface area contributed by atoms with E-state index in [4.69, 9.17) is 10.8 Å². The first-order valence-electron chi connectivity index (χ1n) is 5.34. The van der Waals surface area contributed by atoms with Crippen LogP contribution >= 0.6 is 0 Å². The third kappa shape index (κ3) is 2.26. The second-order valence-corrected chi connectivity index (χ2v) is 4.41. The smallest absolute Gasteiger partial charge is 0.323 e. The van der Waals surface area contributed by atoms with Crippen molar-refractivity contribution in [1.82, 2.24) is 4.98 Å². The maximum Gasteiger partial charge on any atom is 0.323 e. The van der Waals surface area contributed by atoms with Gasteiger partial charge < -0.3 is 10.8 Å². The van der Waals surface area contributed by atoms with E-state index in [1.165, 1.54) is 6.92 Å². The molecule has 88 valence electrons. The third-order valence-corrected chi connectivity index (χ3v) is 2.82. The number of benzene rings is 1. The zero-order chi connectivity index (χ0) is 12.5. The molecule has 0 aliphatic heterocycles. The summed E-state index contributed by atoms with van der Waals surface area (Å²) in [7, 11) is 0. The number of carboxylic acids is 1. The Labute approximate surface area is 99.1 Å². The molecule has 0 bridgehead atoms. The monoisotopic (exact) mass is 230 g/mol. The van der Waals surface area contributed by atoms with E-state index < -0.39 is 11.5 Å². The number of carboxylic acid groups (broad SMARTS) is 1. The molecule has 0 saturated heterocycles. The molecule has 2 rings (SSSR count). The number of hydrogen-bond donors (Lipinski definition) is 2. The number of fused-ring (bicyclic) bond motifs is 1. The SMILES string of the molecule is C[C@@](N)(Cc1cccc2cnccc12)C(=O)O. The van der Waals surface area contributed by atoms with Crippen LogP contribution < -0.4 is 5.73 Å². The third-order valence-electron chi connectivity index (χ3n) is 2.82. The fraction of sp³-hybridized carbons (Fsp3) is 0.231. The standard InChI is InChI=1S/C13H14N2O2/c1-13(14,12(16)17)7-9-3-2-4-10-8-15-6-5-11(9)10/h2-6,8H,7,14H2,1H3,(H,16,17)/t13-/m1/s1. The molecule has 1 atom stereocenters. The minimum absolute atomic E-state index is 0.295. The van der Waals surface area contributed by atoms with Gasteiger partial charge in [-0.25, -0.2) is 0 Å². The first kappa shape index (κ1) is 11.5. The summed E-state index contributed by atoms with van der Waals surface area (Å²) in [5.74, 6) is -0.997. The molecule has 0 fully saturated rings. The summed E-state index contributed by atoms with van der Waals surface area (Å²) in [6.07, 6.45) is 3.75. The first-order chi connectivity index (χ1) is 8.00. The molecular weight excluding hydrogens is 216 g/mol. The fourth-order valence-corrected chi connectivity index (χ4v) is 1.82. The Morgan fingerprint density at radius 1 is 1.47 bits per heavy atom. The van der Waals surface area contributed by atoms with E-state index in [1.54, 1.807) is 12.4 Å². The van der Waals surface area contributed by atoms with Crippen molar-refractivity contribution in [3.05, 3.63) is 42.2 Å². The van der Waals surface area contributed by atoms with Gasteiger partial charge in [0.05, 0.1) is 0 Å². The van der Waals surface area contributed by atoms with E-state index in [2.05, 4.69) is 4.98 Å². The van der Waals surface area contributed by atoms with Gasteiger partial charge in [0, 0.05) is 24.2 Å². The molecule has 0 aliphatic carbocycles. The Balaban J connectivity index is 2.46. The summed E-state index contributed by atoms with van der Waals surface area (Å²) in [6, 6.07) is 7.61. The van der Waals surface area contributed by atoms with Crippen molar-refractivity contribution in [2.24, 2.45) is 5.73 Å². The molecule has 1 aromatic heterocycles. The predicted molar refractivity (Wildman–Crippen MR) is 65.7 cm³/mol. The van der Waals surface area contributed by atoms with Gasteiger partial charge in [0.1, 0.15) is 5.54 Å². The molecule has 0 saturated carbocycles. The second-order valence-electron chi connectivity index (χ2n) is 4.41. The zero-order valence-corrected chi connectivity index (χ0v) is 9.55. The molecule has 4 nitrogen and oxygen atoms in total. The van der Waals surface area contributed by atoms with Crippen LogP contribution in [-0.4, -0.2) is 21.6 Å². The van der Waals surface area contributed by atoms with E-state index in [-0.39, 0.29) is 0 Å². The molecule has 0 spiro atoms. The summed E-state index contributed by atoms with van der Waals surface area (Å²) < 4.78 is 0. The van der Waals surface area contributed by atoms with Crippen molar-refractivity contribution in [1.29, 1.82) is 0 Å². The lowest BCUT2D eigenvalue weighted by molar-refractivity contribution is -0.142. The number of nitrogens with two attached hydrogens (primary N) is 1. The minimum Gasteiger partial charge on any atom is -0.480 e. The quantitative estimate of drug-likeness (QED) is 0.839. The molecule has 3 N–H and O–H groups in total. The van der Waals surface area contributed by atoms with Crippen molar-refractivity contribution in [2.75, 3.05) is 0 Å². The summed E-state index contributed by atoms with van der Waals surface area (Å²) in [4.78, 5) is 15.1. The van der Waals surface area contributed by atoms with Crippen molar-refractivity contribution >= 4 is 16.7 Å². The number of aromatic nitrogens is 1. The molecule has 17 heavy (non-hydrogen) atoms. The number of aliphatic carboxylic acids is 1. The normalized spacial score (nSPS) is 14.5. The minimum atomic E-state index is -1.25. The first-order valence-corrected chi connectivity index (χ1v) is 5.34. The van der Waals surface area contributed by atoms with Gasteiger partial charge in [0.15, 0.2) is 0 Å². The van der Waals surface area contributed by atoms with Gasteiger partial charge in [-0.3, -0.25) is 9.78 Å². The van der Waals surface area contributed by atoms with E-state index in [0.29, 0.717) is 6.42 Å². The van der Waals surface area contributed by atoms with Gasteiger partial charge in [0.25, 0.3) is 0 Å². The fourth-order valence-electron chi connectivity index (χ4n) is 1.82. The topological polar surface area (TPSA) is 76.2 Å². The lowest BCUT2D eigenvalue weighted by Gasteiger charge is -2.20. The van der Waals surface area contributed by atoms with Crippen molar-refractivity contribution in [3.8, 4) is 0 Å². The number of pyridine rings is 1. The van der Waals surface area contributed by atoms with Crippen LogP contribution in [0.3, 0.4) is 0 Å². The summed E-state index contributed by atoms with van der Waals surface area (Å²) in [5.41, 5.74) is 5.44. The van der Waals surface area contributed by atoms with Crippen LogP contribution in [0.15, 0.2) is 36.7 Å². The van der Waals surface area contributed by atoms with Gasteiger partial charge in [0.2, 0.25) is 0 Å². The van der Waals surface area contributed by atoms with Crippen molar-refractivity contribution in [3.63, 3.8) is 0 Å². The van der Waals surface area contributed by atoms with Crippen LogP contribution in [0.5, 0.6) is 0 Å². The molecule has 0 amide bonds. The molecule has 2 aromatic rings. The summed E-state index contributed by atoms with van der Waals surface area (Å²) in [5, 5.41) is 11.0. The molecule has 0 unspecified atom stereocenters. The maximum atomic E-state index is 11.0. The number of hydrogen-bond acceptors (Lipinski definition) is 3. The predicted octanol–water partition coefficient (Wildman–Crippen LogP) is 1.58. The van der Waals surface area contributed by atoms with Crippen LogP contribution in [0.4, 0.5) is 0 Å². The van der Waals surface area contributed by atoms with Crippen LogP contribution in [0, 0.1) is 0 Å². The Bertz CT molecular complexity index is 559. The Morgan fingerprint density at radius 2 is 2.24 bits per heavy atom. The Morgan fingerprint density at radius 3 is 2.94 bits per heavy atom. The highest BCUT2D eigenvalue weighted by Gasteiger charge is 2.28. The van der Waals surface area contributed by atoms with Gasteiger partial charge in [-0.15, -0.1) is 0 Å². The average molecular weight is 230 g/mol. The average Bonchev–Trinajstić information content (AvgIpc) is 2.29. The van der Waals surface area contributed by atoms with Gasteiger partial charge in [-0.1, -0.05) is 18.2 Å². The Kier molecular flexibility index (Phi) is 2.81. The molecule has 1 heterocycles. The van der Waals surface area contributed by atoms with Gasteiger partial charge in [-0.2, -0.15) is 0 Å². The van der Waals surface area contributed by atoms with Crippen LogP contribution in [-0.2, 0) is 11.2 Å². The molecule has 1 aromatic carbocycles. The van der Waals surface area contributed by atoms with Crippen LogP contribution in [0.2, 0.25) is 0 Å². The van der Waals surface area contributed by atoms with E-state index in [9.17, 15) is 4.79 Å². The number of rotatable bonds is 3. The van der Waals surface area contributed by atoms with Crippen LogP contribution in [0.1, 0.15) is 12.5 Å². The largest absolute Gasteiger partial charge is 0.480 e. The van der Waals surface area contributed by atoms with Crippen molar-refractivity contribution < 1.29 is 9.90 Å². The maximum absolute atomic E-state index is 11.0.